The first-order valence-electron chi connectivity index (χ1n) is 5.57. The summed E-state index contributed by atoms with van der Waals surface area (Å²) in [5.41, 5.74) is 1.04. The number of carbonyl (C=O) groups is 2. The average molecular weight is 233 g/mol. The monoisotopic (exact) mass is 233 g/mol. The maximum atomic E-state index is 12.0. The van der Waals surface area contributed by atoms with Crippen LogP contribution in [0.4, 0.5) is 0 Å². The van der Waals surface area contributed by atoms with Gasteiger partial charge in [0.05, 0.1) is 5.92 Å². The molecule has 1 N–H and O–H groups in total. The Morgan fingerprint density at radius 1 is 1.53 bits per heavy atom. The highest BCUT2D eigenvalue weighted by molar-refractivity contribution is 5.89. The molecule has 2 heterocycles. The molecule has 90 valence electrons. The zero-order valence-electron chi connectivity index (χ0n) is 9.72. The van der Waals surface area contributed by atoms with Gasteiger partial charge in [-0.05, 0) is 17.7 Å². The fourth-order valence-electron chi connectivity index (χ4n) is 1.93. The van der Waals surface area contributed by atoms with E-state index in [0.717, 1.165) is 5.56 Å². The number of amides is 2. The van der Waals surface area contributed by atoms with E-state index < -0.39 is 0 Å². The van der Waals surface area contributed by atoms with Crippen LogP contribution in [-0.4, -0.2) is 35.3 Å². The number of hydrogen-bond donors (Lipinski definition) is 1. The fourth-order valence-corrected chi connectivity index (χ4v) is 1.93. The first-order chi connectivity index (χ1) is 8.16. The average Bonchev–Trinajstić information content (AvgIpc) is 2.76. The highest BCUT2D eigenvalue weighted by Crippen LogP contribution is 2.13. The van der Waals surface area contributed by atoms with E-state index in [0.29, 0.717) is 19.5 Å². The van der Waals surface area contributed by atoms with Crippen LogP contribution in [0.3, 0.4) is 0 Å². The second-order valence-electron chi connectivity index (χ2n) is 4.25. The second kappa shape index (κ2) is 4.95. The van der Waals surface area contributed by atoms with E-state index in [1.54, 1.807) is 24.3 Å². The quantitative estimate of drug-likeness (QED) is 0.810. The summed E-state index contributed by atoms with van der Waals surface area (Å²) in [5, 5.41) is 2.67. The van der Waals surface area contributed by atoms with Crippen molar-refractivity contribution in [1.29, 1.82) is 0 Å². The molecule has 2 rings (SSSR count). The molecule has 5 nitrogen and oxygen atoms in total. The fraction of sp³-hybridized carbons (Fsp3) is 0.417. The Kier molecular flexibility index (Phi) is 3.37. The molecule has 0 spiro atoms. The second-order valence-corrected chi connectivity index (χ2v) is 4.25. The molecular weight excluding hydrogens is 218 g/mol. The smallest absolute Gasteiger partial charge is 0.228 e. The van der Waals surface area contributed by atoms with Gasteiger partial charge in [-0.3, -0.25) is 14.6 Å². The zero-order chi connectivity index (χ0) is 12.3. The SMILES string of the molecule is CN(Cc1ccncc1)C(=O)C1CNC(=O)C1. The topological polar surface area (TPSA) is 62.3 Å². The minimum atomic E-state index is -0.214. The van der Waals surface area contributed by atoms with Crippen LogP contribution in [0.5, 0.6) is 0 Å². The number of aromatic nitrogens is 1. The third-order valence-corrected chi connectivity index (χ3v) is 2.87. The van der Waals surface area contributed by atoms with Gasteiger partial charge < -0.3 is 10.2 Å². The summed E-state index contributed by atoms with van der Waals surface area (Å²) in [4.78, 5) is 28.6. The summed E-state index contributed by atoms with van der Waals surface area (Å²) in [6.07, 6.45) is 3.71. The number of carbonyl (C=O) groups excluding carboxylic acids is 2. The van der Waals surface area contributed by atoms with E-state index in [4.69, 9.17) is 0 Å². The van der Waals surface area contributed by atoms with E-state index in [-0.39, 0.29) is 17.7 Å². The van der Waals surface area contributed by atoms with Crippen molar-refractivity contribution in [2.75, 3.05) is 13.6 Å². The van der Waals surface area contributed by atoms with Crippen molar-refractivity contribution in [3.8, 4) is 0 Å². The lowest BCUT2D eigenvalue weighted by atomic mass is 10.1. The normalized spacial score (nSPS) is 18.9. The summed E-state index contributed by atoms with van der Waals surface area (Å²) >= 11 is 0. The van der Waals surface area contributed by atoms with Crippen LogP contribution < -0.4 is 5.32 Å². The molecule has 2 amide bonds. The van der Waals surface area contributed by atoms with Crippen LogP contribution in [-0.2, 0) is 16.1 Å². The van der Waals surface area contributed by atoms with Crippen LogP contribution in [0.1, 0.15) is 12.0 Å². The molecule has 17 heavy (non-hydrogen) atoms. The van der Waals surface area contributed by atoms with E-state index in [1.807, 2.05) is 12.1 Å². The van der Waals surface area contributed by atoms with Crippen molar-refractivity contribution in [3.63, 3.8) is 0 Å². The molecule has 1 fully saturated rings. The molecule has 1 aromatic rings. The van der Waals surface area contributed by atoms with Crippen molar-refractivity contribution >= 4 is 11.8 Å². The third kappa shape index (κ3) is 2.81. The molecule has 1 aliphatic rings. The van der Waals surface area contributed by atoms with E-state index in [1.165, 1.54) is 0 Å². The predicted molar refractivity (Wildman–Crippen MR) is 61.8 cm³/mol. The lowest BCUT2D eigenvalue weighted by molar-refractivity contribution is -0.135. The molecule has 0 radical (unpaired) electrons. The molecular formula is C12H15N3O2. The van der Waals surface area contributed by atoms with Gasteiger partial charge in [0.15, 0.2) is 0 Å². The molecule has 0 aromatic carbocycles. The molecule has 1 aliphatic heterocycles. The van der Waals surface area contributed by atoms with Gasteiger partial charge in [-0.15, -0.1) is 0 Å². The van der Waals surface area contributed by atoms with Gasteiger partial charge in [0.1, 0.15) is 0 Å². The van der Waals surface area contributed by atoms with E-state index in [2.05, 4.69) is 10.3 Å². The molecule has 1 atom stereocenters. The van der Waals surface area contributed by atoms with Crippen LogP contribution in [0.25, 0.3) is 0 Å². The molecule has 1 saturated heterocycles. The molecule has 0 bridgehead atoms. The third-order valence-electron chi connectivity index (χ3n) is 2.87. The lowest BCUT2D eigenvalue weighted by Gasteiger charge is -2.20. The van der Waals surface area contributed by atoms with Crippen molar-refractivity contribution in [2.45, 2.75) is 13.0 Å². The van der Waals surface area contributed by atoms with Gasteiger partial charge in [0.25, 0.3) is 0 Å². The van der Waals surface area contributed by atoms with Crippen LogP contribution in [0.15, 0.2) is 24.5 Å². The van der Waals surface area contributed by atoms with Crippen molar-refractivity contribution in [3.05, 3.63) is 30.1 Å². The van der Waals surface area contributed by atoms with Gasteiger partial charge in [0.2, 0.25) is 11.8 Å². The summed E-state index contributed by atoms with van der Waals surface area (Å²) < 4.78 is 0. The highest BCUT2D eigenvalue weighted by Gasteiger charge is 2.29. The van der Waals surface area contributed by atoms with Gasteiger partial charge in [0, 0.05) is 39.0 Å². The summed E-state index contributed by atoms with van der Waals surface area (Å²) in [6, 6.07) is 3.75. The minimum absolute atomic E-state index is 0.0140. The Labute approximate surface area is 99.8 Å². The zero-order valence-corrected chi connectivity index (χ0v) is 9.72. The Morgan fingerprint density at radius 2 is 2.24 bits per heavy atom. The Morgan fingerprint density at radius 3 is 2.82 bits per heavy atom. The van der Waals surface area contributed by atoms with E-state index in [9.17, 15) is 9.59 Å². The van der Waals surface area contributed by atoms with Crippen LogP contribution >= 0.6 is 0 Å². The molecule has 5 heteroatoms. The molecule has 0 saturated carbocycles. The number of pyridine rings is 1. The Balaban J connectivity index is 1.94. The van der Waals surface area contributed by atoms with Crippen molar-refractivity contribution in [1.82, 2.24) is 15.2 Å². The standard InChI is InChI=1S/C12H15N3O2/c1-15(8-9-2-4-13-5-3-9)12(17)10-6-11(16)14-7-10/h2-5,10H,6-8H2,1H3,(H,14,16). The van der Waals surface area contributed by atoms with Gasteiger partial charge in [-0.25, -0.2) is 0 Å². The Bertz CT molecular complexity index is 419. The minimum Gasteiger partial charge on any atom is -0.355 e. The van der Waals surface area contributed by atoms with Gasteiger partial charge in [-0.2, -0.15) is 0 Å². The molecule has 1 unspecified atom stereocenters. The van der Waals surface area contributed by atoms with Crippen LogP contribution in [0.2, 0.25) is 0 Å². The Hall–Kier alpha value is -1.91. The highest BCUT2D eigenvalue weighted by atomic mass is 16.2. The number of nitrogens with zero attached hydrogens (tertiary/aromatic N) is 2. The van der Waals surface area contributed by atoms with Gasteiger partial charge in [-0.1, -0.05) is 0 Å². The lowest BCUT2D eigenvalue weighted by Crippen LogP contribution is -2.33. The largest absolute Gasteiger partial charge is 0.355 e. The summed E-state index contributed by atoms with van der Waals surface area (Å²) in [5.74, 6) is -0.241. The number of hydrogen-bond acceptors (Lipinski definition) is 3. The first kappa shape index (κ1) is 11.6. The van der Waals surface area contributed by atoms with E-state index >= 15 is 0 Å². The maximum Gasteiger partial charge on any atom is 0.228 e. The number of nitrogens with one attached hydrogen (secondary N) is 1. The first-order valence-corrected chi connectivity index (χ1v) is 5.57. The van der Waals surface area contributed by atoms with Crippen molar-refractivity contribution in [2.24, 2.45) is 5.92 Å². The van der Waals surface area contributed by atoms with Gasteiger partial charge >= 0.3 is 0 Å². The maximum absolute atomic E-state index is 12.0. The predicted octanol–water partition coefficient (Wildman–Crippen LogP) is 0.176. The van der Waals surface area contributed by atoms with Crippen molar-refractivity contribution < 1.29 is 9.59 Å². The summed E-state index contributed by atoms with van der Waals surface area (Å²) in [7, 11) is 1.76. The van der Waals surface area contributed by atoms with Crippen LogP contribution in [0, 0.1) is 5.92 Å². The summed E-state index contributed by atoms with van der Waals surface area (Å²) in [6.45, 7) is 1.00. The molecule has 0 aliphatic carbocycles. The number of rotatable bonds is 3. The molecule has 1 aromatic heterocycles.